The Morgan fingerprint density at radius 2 is 2.00 bits per heavy atom. The molecule has 0 aromatic carbocycles. The number of carbonyl (C=O) groups excluding carboxylic acids is 1. The van der Waals surface area contributed by atoms with Crippen LogP contribution in [-0.2, 0) is 4.74 Å². The van der Waals surface area contributed by atoms with Crippen molar-refractivity contribution in [3.63, 3.8) is 0 Å². The predicted molar refractivity (Wildman–Crippen MR) is 78.9 cm³/mol. The molecule has 1 aliphatic heterocycles. The van der Waals surface area contributed by atoms with E-state index in [1.54, 1.807) is 12.3 Å². The number of carbonyl (C=O) groups is 1. The molecule has 0 amide bonds. The number of pyridine rings is 1. The van der Waals surface area contributed by atoms with Crippen LogP contribution in [0.5, 0.6) is 0 Å². The third-order valence-corrected chi connectivity index (χ3v) is 3.72. The Balaban J connectivity index is 2.16. The maximum absolute atomic E-state index is 11.7. The fourth-order valence-electron chi connectivity index (χ4n) is 2.45. The molecule has 0 unspecified atom stereocenters. The summed E-state index contributed by atoms with van der Waals surface area (Å²) in [6, 6.07) is 2.14. The van der Waals surface area contributed by atoms with E-state index in [9.17, 15) is 4.79 Å². The molecule has 0 aliphatic carbocycles. The Labute approximate surface area is 119 Å². The Hall–Kier alpha value is -1.82. The second-order valence-corrected chi connectivity index (χ2v) is 5.20. The smallest absolute Gasteiger partial charge is 0.340 e. The number of esters is 1. The topological polar surface area (TPSA) is 71.7 Å². The predicted octanol–water partition coefficient (Wildman–Crippen LogP) is 0.981. The van der Waals surface area contributed by atoms with Crippen molar-refractivity contribution in [1.82, 2.24) is 9.88 Å². The molecule has 0 atom stereocenters. The summed E-state index contributed by atoms with van der Waals surface area (Å²) in [6.45, 7) is 8.06. The van der Waals surface area contributed by atoms with Crippen LogP contribution in [0.15, 0.2) is 12.3 Å². The number of rotatable bonds is 3. The van der Waals surface area contributed by atoms with Crippen molar-refractivity contribution in [2.24, 2.45) is 0 Å². The fourth-order valence-corrected chi connectivity index (χ4v) is 2.45. The van der Waals surface area contributed by atoms with Gasteiger partial charge in [-0.1, -0.05) is 0 Å². The largest absolute Gasteiger partial charge is 0.465 e. The summed E-state index contributed by atoms with van der Waals surface area (Å²) in [5, 5.41) is 0. The second kappa shape index (κ2) is 6.09. The van der Waals surface area contributed by atoms with Gasteiger partial charge in [0.2, 0.25) is 0 Å². The Morgan fingerprint density at radius 3 is 2.55 bits per heavy atom. The summed E-state index contributed by atoms with van der Waals surface area (Å²) >= 11 is 0. The van der Waals surface area contributed by atoms with E-state index in [-0.39, 0.29) is 0 Å². The van der Waals surface area contributed by atoms with Crippen molar-refractivity contribution < 1.29 is 9.53 Å². The number of ether oxygens (including phenoxy) is 1. The van der Waals surface area contributed by atoms with Crippen LogP contribution in [0.3, 0.4) is 0 Å². The van der Waals surface area contributed by atoms with Gasteiger partial charge in [-0.25, -0.2) is 9.78 Å². The van der Waals surface area contributed by atoms with Crippen LogP contribution >= 0.6 is 0 Å². The monoisotopic (exact) mass is 278 g/mol. The molecule has 0 saturated carbocycles. The normalized spacial score (nSPS) is 16.5. The van der Waals surface area contributed by atoms with Crippen LogP contribution in [-0.4, -0.2) is 55.2 Å². The zero-order chi connectivity index (χ0) is 14.7. The molecule has 2 rings (SSSR count). The summed E-state index contributed by atoms with van der Waals surface area (Å²) in [5.41, 5.74) is 6.85. The molecule has 1 aliphatic rings. The highest BCUT2D eigenvalue weighted by molar-refractivity contribution is 5.97. The number of piperazine rings is 1. The van der Waals surface area contributed by atoms with Crippen molar-refractivity contribution in [2.75, 3.05) is 43.9 Å². The number of hydrogen-bond donors (Lipinski definition) is 1. The van der Waals surface area contributed by atoms with E-state index in [0.717, 1.165) is 26.2 Å². The Bertz CT molecular complexity index is 482. The van der Waals surface area contributed by atoms with Crippen molar-refractivity contribution in [3.8, 4) is 0 Å². The number of methoxy groups -OCH3 is 1. The lowest BCUT2D eigenvalue weighted by Crippen LogP contribution is -2.49. The first-order chi connectivity index (χ1) is 9.54. The third-order valence-electron chi connectivity index (χ3n) is 3.72. The lowest BCUT2D eigenvalue weighted by Gasteiger charge is -2.37. The second-order valence-electron chi connectivity index (χ2n) is 5.20. The summed E-state index contributed by atoms with van der Waals surface area (Å²) in [6.07, 6.45) is 1.60. The van der Waals surface area contributed by atoms with Gasteiger partial charge < -0.3 is 15.4 Å². The molecule has 1 fully saturated rings. The van der Waals surface area contributed by atoms with Gasteiger partial charge in [-0.2, -0.15) is 0 Å². The van der Waals surface area contributed by atoms with Gasteiger partial charge in [0, 0.05) is 38.4 Å². The van der Waals surface area contributed by atoms with Gasteiger partial charge >= 0.3 is 5.97 Å². The fraction of sp³-hybridized carbons (Fsp3) is 0.571. The van der Waals surface area contributed by atoms with Crippen molar-refractivity contribution in [3.05, 3.63) is 17.8 Å². The van der Waals surface area contributed by atoms with E-state index in [1.807, 2.05) is 0 Å². The summed E-state index contributed by atoms with van der Waals surface area (Å²) in [5.74, 6) is 0.253. The average Bonchev–Trinajstić information content (AvgIpc) is 2.47. The Kier molecular flexibility index (Phi) is 4.44. The third kappa shape index (κ3) is 2.85. The van der Waals surface area contributed by atoms with Gasteiger partial charge in [-0.05, 0) is 19.9 Å². The van der Waals surface area contributed by atoms with Gasteiger partial charge in [-0.15, -0.1) is 0 Å². The van der Waals surface area contributed by atoms with E-state index >= 15 is 0 Å². The van der Waals surface area contributed by atoms with Crippen LogP contribution in [0.2, 0.25) is 0 Å². The first-order valence-electron chi connectivity index (χ1n) is 6.86. The summed E-state index contributed by atoms with van der Waals surface area (Å²) < 4.78 is 4.73. The molecular formula is C14H22N4O2. The number of anilines is 2. The van der Waals surface area contributed by atoms with Crippen LogP contribution in [0.25, 0.3) is 0 Å². The van der Waals surface area contributed by atoms with Crippen molar-refractivity contribution in [1.29, 1.82) is 0 Å². The SMILES string of the molecule is COC(=O)c1ccnc(N2CCN(C(C)C)CC2)c1N. The standard InChI is InChI=1S/C14H22N4O2/c1-10(2)17-6-8-18(9-7-17)13-12(15)11(4-5-16-13)14(19)20-3/h4-5,10H,6-9,15H2,1-3H3. The van der Waals surface area contributed by atoms with Crippen LogP contribution in [0.4, 0.5) is 11.5 Å². The highest BCUT2D eigenvalue weighted by Gasteiger charge is 2.23. The van der Waals surface area contributed by atoms with E-state index in [1.165, 1.54) is 7.11 Å². The molecule has 20 heavy (non-hydrogen) atoms. The van der Waals surface area contributed by atoms with Crippen molar-refractivity contribution >= 4 is 17.5 Å². The van der Waals surface area contributed by atoms with Gasteiger partial charge in [0.15, 0.2) is 5.82 Å². The lowest BCUT2D eigenvalue weighted by molar-refractivity contribution is 0.0602. The summed E-state index contributed by atoms with van der Waals surface area (Å²) in [4.78, 5) is 20.5. The van der Waals surface area contributed by atoms with Gasteiger partial charge in [0.05, 0.1) is 18.4 Å². The molecule has 1 aromatic heterocycles. The molecule has 6 nitrogen and oxygen atoms in total. The van der Waals surface area contributed by atoms with E-state index < -0.39 is 5.97 Å². The Morgan fingerprint density at radius 1 is 1.35 bits per heavy atom. The molecule has 6 heteroatoms. The molecule has 1 saturated heterocycles. The molecule has 2 N–H and O–H groups in total. The first-order valence-corrected chi connectivity index (χ1v) is 6.86. The average molecular weight is 278 g/mol. The van der Waals surface area contributed by atoms with Crippen LogP contribution in [0.1, 0.15) is 24.2 Å². The van der Waals surface area contributed by atoms with E-state index in [4.69, 9.17) is 10.5 Å². The summed E-state index contributed by atoms with van der Waals surface area (Å²) in [7, 11) is 1.35. The van der Waals surface area contributed by atoms with Gasteiger partial charge in [0.1, 0.15) is 0 Å². The quantitative estimate of drug-likeness (QED) is 0.831. The highest BCUT2D eigenvalue weighted by Crippen LogP contribution is 2.25. The van der Waals surface area contributed by atoms with Crippen molar-refractivity contribution in [2.45, 2.75) is 19.9 Å². The molecule has 1 aromatic rings. The van der Waals surface area contributed by atoms with E-state index in [0.29, 0.717) is 23.1 Å². The number of hydrogen-bond acceptors (Lipinski definition) is 6. The lowest BCUT2D eigenvalue weighted by atomic mass is 10.2. The molecule has 110 valence electrons. The maximum atomic E-state index is 11.7. The highest BCUT2D eigenvalue weighted by atomic mass is 16.5. The first kappa shape index (κ1) is 14.6. The number of nitrogens with two attached hydrogens (primary N) is 1. The molecule has 0 bridgehead atoms. The molecule has 2 heterocycles. The molecular weight excluding hydrogens is 256 g/mol. The maximum Gasteiger partial charge on any atom is 0.340 e. The molecule has 0 spiro atoms. The van der Waals surface area contributed by atoms with E-state index in [2.05, 4.69) is 28.6 Å². The minimum Gasteiger partial charge on any atom is -0.465 e. The molecule has 0 radical (unpaired) electrons. The number of nitrogens with zero attached hydrogens (tertiary/aromatic N) is 3. The number of aromatic nitrogens is 1. The zero-order valence-corrected chi connectivity index (χ0v) is 12.3. The van der Waals surface area contributed by atoms with Crippen LogP contribution in [0, 0.1) is 0 Å². The van der Waals surface area contributed by atoms with Gasteiger partial charge in [0.25, 0.3) is 0 Å². The minimum absolute atomic E-state index is 0.379. The van der Waals surface area contributed by atoms with Gasteiger partial charge in [-0.3, -0.25) is 4.90 Å². The van der Waals surface area contributed by atoms with Crippen LogP contribution < -0.4 is 10.6 Å². The number of nitrogen functional groups attached to an aromatic ring is 1. The minimum atomic E-state index is -0.424. The zero-order valence-electron chi connectivity index (χ0n) is 12.3.